The van der Waals surface area contributed by atoms with Crippen molar-refractivity contribution in [1.29, 1.82) is 0 Å². The molecule has 0 heterocycles. The first kappa shape index (κ1) is 13.5. The van der Waals surface area contributed by atoms with Gasteiger partial charge in [-0.3, -0.25) is 0 Å². The van der Waals surface area contributed by atoms with E-state index in [4.69, 9.17) is 0 Å². The van der Waals surface area contributed by atoms with Gasteiger partial charge in [0, 0.05) is 6.42 Å². The molecular formula is C12H13F3O2. The predicted molar refractivity (Wildman–Crippen MR) is 57.0 cm³/mol. The summed E-state index contributed by atoms with van der Waals surface area (Å²) in [6.45, 7) is 0.209. The average Bonchev–Trinajstić information content (AvgIpc) is 2.24. The molecule has 5 heteroatoms. The molecule has 0 aromatic heterocycles. The number of alkyl halides is 3. The number of rotatable bonds is 5. The van der Waals surface area contributed by atoms with E-state index in [2.05, 4.69) is 4.74 Å². The van der Waals surface area contributed by atoms with E-state index in [1.807, 2.05) is 0 Å². The SMILES string of the molecule is CC(=O)CCc1ccc(OCC(F)(F)F)cc1. The van der Waals surface area contributed by atoms with Crippen LogP contribution in [0.1, 0.15) is 18.9 Å². The van der Waals surface area contributed by atoms with Crippen molar-refractivity contribution in [3.63, 3.8) is 0 Å². The number of hydrogen-bond acceptors (Lipinski definition) is 2. The molecule has 0 aliphatic carbocycles. The Morgan fingerprint density at radius 2 is 1.82 bits per heavy atom. The molecule has 0 aliphatic heterocycles. The van der Waals surface area contributed by atoms with Crippen LogP contribution in [0.2, 0.25) is 0 Å². The van der Waals surface area contributed by atoms with Crippen molar-refractivity contribution in [2.75, 3.05) is 6.61 Å². The van der Waals surface area contributed by atoms with Crippen molar-refractivity contribution in [3.05, 3.63) is 29.8 Å². The van der Waals surface area contributed by atoms with E-state index in [1.165, 1.54) is 19.1 Å². The molecule has 17 heavy (non-hydrogen) atoms. The molecule has 1 aromatic rings. The number of benzene rings is 1. The van der Waals surface area contributed by atoms with E-state index in [-0.39, 0.29) is 11.5 Å². The summed E-state index contributed by atoms with van der Waals surface area (Å²) >= 11 is 0. The van der Waals surface area contributed by atoms with Crippen molar-refractivity contribution >= 4 is 5.78 Å². The molecule has 0 fully saturated rings. The van der Waals surface area contributed by atoms with Gasteiger partial charge in [-0.1, -0.05) is 12.1 Å². The Morgan fingerprint density at radius 1 is 1.24 bits per heavy atom. The van der Waals surface area contributed by atoms with Gasteiger partial charge < -0.3 is 9.53 Å². The Morgan fingerprint density at radius 3 is 2.29 bits per heavy atom. The molecule has 94 valence electrons. The third kappa shape index (κ3) is 5.94. The molecule has 0 saturated heterocycles. The van der Waals surface area contributed by atoms with Crippen molar-refractivity contribution in [2.24, 2.45) is 0 Å². The summed E-state index contributed by atoms with van der Waals surface area (Å²) in [5.41, 5.74) is 0.902. The summed E-state index contributed by atoms with van der Waals surface area (Å²) in [4.78, 5) is 10.7. The Bertz CT molecular complexity index is 368. The Hall–Kier alpha value is -1.52. The summed E-state index contributed by atoms with van der Waals surface area (Å²) in [5, 5.41) is 0. The fourth-order valence-corrected chi connectivity index (χ4v) is 1.24. The lowest BCUT2D eigenvalue weighted by molar-refractivity contribution is -0.153. The quantitative estimate of drug-likeness (QED) is 0.797. The van der Waals surface area contributed by atoms with Crippen molar-refractivity contribution in [3.8, 4) is 5.75 Å². The van der Waals surface area contributed by atoms with E-state index < -0.39 is 12.8 Å². The van der Waals surface area contributed by atoms with Crippen LogP contribution in [0.3, 0.4) is 0 Å². The van der Waals surface area contributed by atoms with Crippen LogP contribution in [0.5, 0.6) is 5.75 Å². The molecular weight excluding hydrogens is 233 g/mol. The largest absolute Gasteiger partial charge is 0.484 e. The molecule has 1 aromatic carbocycles. The maximum Gasteiger partial charge on any atom is 0.422 e. The number of Topliss-reactive ketones (excluding diaryl/α,β-unsaturated/α-hetero) is 1. The lowest BCUT2D eigenvalue weighted by Crippen LogP contribution is -2.19. The Labute approximate surface area is 97.4 Å². The monoisotopic (exact) mass is 246 g/mol. The zero-order chi connectivity index (χ0) is 12.9. The molecule has 0 bridgehead atoms. The zero-order valence-corrected chi connectivity index (χ0v) is 9.38. The molecule has 0 unspecified atom stereocenters. The van der Waals surface area contributed by atoms with Crippen LogP contribution in [0.4, 0.5) is 13.2 Å². The fraction of sp³-hybridized carbons (Fsp3) is 0.417. The summed E-state index contributed by atoms with van der Waals surface area (Å²) < 4.78 is 40.2. The minimum atomic E-state index is -4.33. The van der Waals surface area contributed by atoms with Gasteiger partial charge in [-0.05, 0) is 31.0 Å². The molecule has 0 saturated carbocycles. The Kier molecular flexibility index (Phi) is 4.54. The predicted octanol–water partition coefficient (Wildman–Crippen LogP) is 3.15. The second-order valence-electron chi connectivity index (χ2n) is 3.75. The van der Waals surface area contributed by atoms with Gasteiger partial charge in [0.15, 0.2) is 6.61 Å². The maximum absolute atomic E-state index is 11.9. The van der Waals surface area contributed by atoms with Crippen molar-refractivity contribution < 1.29 is 22.7 Å². The van der Waals surface area contributed by atoms with Gasteiger partial charge in [0.2, 0.25) is 0 Å². The van der Waals surface area contributed by atoms with Gasteiger partial charge in [0.1, 0.15) is 11.5 Å². The summed E-state index contributed by atoms with van der Waals surface area (Å²) in [5.74, 6) is 0.260. The van der Waals surface area contributed by atoms with Crippen molar-refractivity contribution in [1.82, 2.24) is 0 Å². The lowest BCUT2D eigenvalue weighted by atomic mass is 10.1. The van der Waals surface area contributed by atoms with Gasteiger partial charge in [-0.15, -0.1) is 0 Å². The first-order chi connectivity index (χ1) is 7.87. The van der Waals surface area contributed by atoms with Gasteiger partial charge in [-0.25, -0.2) is 0 Å². The molecule has 0 spiro atoms. The highest BCUT2D eigenvalue weighted by atomic mass is 19.4. The Balaban J connectivity index is 2.47. The van der Waals surface area contributed by atoms with Gasteiger partial charge >= 0.3 is 6.18 Å². The minimum absolute atomic E-state index is 0.0856. The van der Waals surface area contributed by atoms with Gasteiger partial charge in [0.25, 0.3) is 0 Å². The average molecular weight is 246 g/mol. The van der Waals surface area contributed by atoms with Crippen LogP contribution in [-0.4, -0.2) is 18.6 Å². The standard InChI is InChI=1S/C12H13F3O2/c1-9(16)2-3-10-4-6-11(7-5-10)17-8-12(13,14)15/h4-7H,2-3,8H2,1H3. The number of halogens is 3. The van der Waals surface area contributed by atoms with Crippen LogP contribution in [0, 0.1) is 0 Å². The molecule has 0 atom stereocenters. The normalized spacial score (nSPS) is 11.3. The van der Waals surface area contributed by atoms with Gasteiger partial charge in [0.05, 0.1) is 0 Å². The highest BCUT2D eigenvalue weighted by Gasteiger charge is 2.28. The van der Waals surface area contributed by atoms with Crippen molar-refractivity contribution in [2.45, 2.75) is 25.9 Å². The second-order valence-corrected chi connectivity index (χ2v) is 3.75. The minimum Gasteiger partial charge on any atom is -0.484 e. The number of carbonyl (C=O) groups is 1. The summed E-state index contributed by atoms with van der Waals surface area (Å²) in [6, 6.07) is 6.27. The van der Waals surface area contributed by atoms with Crippen LogP contribution in [-0.2, 0) is 11.2 Å². The van der Waals surface area contributed by atoms with Crippen LogP contribution < -0.4 is 4.74 Å². The lowest BCUT2D eigenvalue weighted by Gasteiger charge is -2.09. The van der Waals surface area contributed by atoms with Crippen LogP contribution in [0.15, 0.2) is 24.3 Å². The first-order valence-electron chi connectivity index (χ1n) is 5.15. The molecule has 0 radical (unpaired) electrons. The van der Waals surface area contributed by atoms with E-state index in [1.54, 1.807) is 12.1 Å². The van der Waals surface area contributed by atoms with E-state index in [0.717, 1.165) is 5.56 Å². The highest BCUT2D eigenvalue weighted by Crippen LogP contribution is 2.19. The molecule has 0 aliphatic rings. The highest BCUT2D eigenvalue weighted by molar-refractivity contribution is 5.75. The molecule has 0 N–H and O–H groups in total. The fourth-order valence-electron chi connectivity index (χ4n) is 1.24. The molecule has 0 amide bonds. The summed E-state index contributed by atoms with van der Waals surface area (Å²) in [6.07, 6.45) is -3.30. The summed E-state index contributed by atoms with van der Waals surface area (Å²) in [7, 11) is 0. The zero-order valence-electron chi connectivity index (χ0n) is 9.38. The van der Waals surface area contributed by atoms with E-state index in [9.17, 15) is 18.0 Å². The van der Waals surface area contributed by atoms with Crippen LogP contribution in [0.25, 0.3) is 0 Å². The number of ether oxygens (including phenoxy) is 1. The smallest absolute Gasteiger partial charge is 0.422 e. The number of ketones is 1. The first-order valence-corrected chi connectivity index (χ1v) is 5.15. The third-order valence-electron chi connectivity index (χ3n) is 2.09. The van der Waals surface area contributed by atoms with Gasteiger partial charge in [-0.2, -0.15) is 13.2 Å². The molecule has 2 nitrogen and oxygen atoms in total. The maximum atomic E-state index is 11.9. The van der Waals surface area contributed by atoms with E-state index >= 15 is 0 Å². The number of aryl methyl sites for hydroxylation is 1. The molecule has 1 rings (SSSR count). The third-order valence-corrected chi connectivity index (χ3v) is 2.09. The van der Waals surface area contributed by atoms with Crippen LogP contribution >= 0.6 is 0 Å². The topological polar surface area (TPSA) is 26.3 Å². The second kappa shape index (κ2) is 5.70. The number of hydrogen-bond donors (Lipinski definition) is 0. The van der Waals surface area contributed by atoms with E-state index in [0.29, 0.717) is 12.8 Å². The number of carbonyl (C=O) groups excluding carboxylic acids is 1.